The summed E-state index contributed by atoms with van der Waals surface area (Å²) in [7, 11) is 1.62. The Morgan fingerprint density at radius 1 is 1.08 bits per heavy atom. The molecule has 1 saturated heterocycles. The van der Waals surface area contributed by atoms with Gasteiger partial charge in [0.25, 0.3) is 0 Å². The maximum atomic E-state index is 12.2. The lowest BCUT2D eigenvalue weighted by Gasteiger charge is -2.24. The lowest BCUT2D eigenvalue weighted by molar-refractivity contribution is -0.111. The van der Waals surface area contributed by atoms with E-state index in [2.05, 4.69) is 82.2 Å². The molecule has 9 heteroatoms. The van der Waals surface area contributed by atoms with Crippen LogP contribution in [0.25, 0.3) is 0 Å². The molecule has 2 heterocycles. The second-order valence-corrected chi connectivity index (χ2v) is 9.71. The maximum absolute atomic E-state index is 12.2. The molecule has 1 fully saturated rings. The van der Waals surface area contributed by atoms with Crippen LogP contribution in [0.5, 0.6) is 5.75 Å². The van der Waals surface area contributed by atoms with Crippen molar-refractivity contribution in [3.05, 3.63) is 59.9 Å². The molecule has 0 unspecified atom stereocenters. The lowest BCUT2D eigenvalue weighted by atomic mass is 9.95. The molecule has 3 aromatic rings. The van der Waals surface area contributed by atoms with Crippen LogP contribution < -0.4 is 25.6 Å². The molecule has 1 aliphatic rings. The van der Waals surface area contributed by atoms with Crippen LogP contribution in [-0.4, -0.2) is 41.1 Å². The Morgan fingerprint density at radius 2 is 1.76 bits per heavy atom. The molecular weight excluding hydrogens is 478 g/mol. The highest BCUT2D eigenvalue weighted by Gasteiger charge is 2.20. The number of ether oxygens (including phenoxy) is 1. The second kappa shape index (κ2) is 11.9. The fourth-order valence-electron chi connectivity index (χ4n) is 4.74. The van der Waals surface area contributed by atoms with Gasteiger partial charge < -0.3 is 25.6 Å². The van der Waals surface area contributed by atoms with Gasteiger partial charge in [-0.3, -0.25) is 4.79 Å². The zero-order valence-electron chi connectivity index (χ0n) is 22.9. The van der Waals surface area contributed by atoms with E-state index in [1.165, 1.54) is 29.1 Å². The highest BCUT2D eigenvalue weighted by Crippen LogP contribution is 2.39. The van der Waals surface area contributed by atoms with Crippen molar-refractivity contribution in [2.75, 3.05) is 41.0 Å². The first-order chi connectivity index (χ1) is 18.3. The van der Waals surface area contributed by atoms with Gasteiger partial charge in [0.05, 0.1) is 24.2 Å². The van der Waals surface area contributed by atoms with Crippen LogP contribution >= 0.6 is 0 Å². The molecule has 3 N–H and O–H groups in total. The Bertz CT molecular complexity index is 1320. The van der Waals surface area contributed by atoms with Gasteiger partial charge in [0.1, 0.15) is 12.1 Å². The summed E-state index contributed by atoms with van der Waals surface area (Å²) in [6.45, 7) is 14.1. The fourth-order valence-corrected chi connectivity index (χ4v) is 4.74. The third kappa shape index (κ3) is 6.04. The Balaban J connectivity index is 1.66. The van der Waals surface area contributed by atoms with Gasteiger partial charge in [0.2, 0.25) is 17.8 Å². The fraction of sp³-hybridized carbons (Fsp3) is 0.379. The lowest BCUT2D eigenvalue weighted by Crippen LogP contribution is -2.21. The van der Waals surface area contributed by atoms with Crippen LogP contribution in [0.3, 0.4) is 0 Å². The number of anilines is 6. The smallest absolute Gasteiger partial charge is 0.247 e. The molecule has 38 heavy (non-hydrogen) atoms. The minimum Gasteiger partial charge on any atom is -0.494 e. The summed E-state index contributed by atoms with van der Waals surface area (Å²) in [6.07, 6.45) is 5.89. The first-order valence-electron chi connectivity index (χ1n) is 13.1. The molecule has 2 aromatic carbocycles. The van der Waals surface area contributed by atoms with E-state index in [0.717, 1.165) is 43.7 Å². The van der Waals surface area contributed by atoms with Gasteiger partial charge in [-0.1, -0.05) is 33.4 Å². The molecule has 0 bridgehead atoms. The summed E-state index contributed by atoms with van der Waals surface area (Å²) < 4.78 is 5.70. The minimum atomic E-state index is -0.279. The normalized spacial score (nSPS) is 12.9. The van der Waals surface area contributed by atoms with Crippen molar-refractivity contribution in [3.63, 3.8) is 0 Å². The maximum Gasteiger partial charge on any atom is 0.247 e. The molecule has 1 aromatic heterocycles. The van der Waals surface area contributed by atoms with Crippen LogP contribution in [0.1, 0.15) is 56.2 Å². The number of hydrogen-bond donors (Lipinski definition) is 3. The SMILES string of the molecule is C=CC(=O)Nc1cc(Nc2ncnc(Nc3cc(CC)c(C)cc3C(C)C)n2)c(OC)cc1N1CCCC1. The number of rotatable bonds is 10. The molecule has 0 saturated carbocycles. The number of hydrogen-bond acceptors (Lipinski definition) is 8. The molecule has 4 rings (SSSR count). The van der Waals surface area contributed by atoms with E-state index in [0.29, 0.717) is 34.9 Å². The quantitative estimate of drug-likeness (QED) is 0.279. The molecule has 1 amide bonds. The van der Waals surface area contributed by atoms with E-state index >= 15 is 0 Å². The number of aromatic nitrogens is 3. The van der Waals surface area contributed by atoms with E-state index in [1.807, 2.05) is 12.1 Å². The average Bonchev–Trinajstić information content (AvgIpc) is 3.44. The highest BCUT2D eigenvalue weighted by molar-refractivity contribution is 6.02. The van der Waals surface area contributed by atoms with E-state index in [9.17, 15) is 4.79 Å². The van der Waals surface area contributed by atoms with Gasteiger partial charge in [-0.25, -0.2) is 9.97 Å². The third-order valence-corrected chi connectivity index (χ3v) is 6.78. The molecule has 9 nitrogen and oxygen atoms in total. The van der Waals surface area contributed by atoms with E-state index in [-0.39, 0.29) is 5.91 Å². The zero-order valence-corrected chi connectivity index (χ0v) is 22.9. The number of amides is 1. The predicted molar refractivity (Wildman–Crippen MR) is 154 cm³/mol. The van der Waals surface area contributed by atoms with E-state index in [1.54, 1.807) is 7.11 Å². The average molecular weight is 516 g/mol. The zero-order chi connectivity index (χ0) is 27.2. The number of methoxy groups -OCH3 is 1. The largest absolute Gasteiger partial charge is 0.494 e. The molecule has 1 aliphatic heterocycles. The van der Waals surface area contributed by atoms with E-state index < -0.39 is 0 Å². The minimum absolute atomic E-state index is 0.279. The number of nitrogens with one attached hydrogen (secondary N) is 3. The Hall–Kier alpha value is -4.14. The van der Waals surface area contributed by atoms with Gasteiger partial charge in [0, 0.05) is 24.8 Å². The van der Waals surface area contributed by atoms with Crippen molar-refractivity contribution in [2.24, 2.45) is 0 Å². The van der Waals surface area contributed by atoms with Gasteiger partial charge in [-0.15, -0.1) is 0 Å². The number of carbonyl (C=O) groups excluding carboxylic acids is 1. The van der Waals surface area contributed by atoms with Crippen molar-refractivity contribution < 1.29 is 9.53 Å². The number of carbonyl (C=O) groups is 1. The Morgan fingerprint density at radius 3 is 2.37 bits per heavy atom. The van der Waals surface area contributed by atoms with Crippen LogP contribution in [0.2, 0.25) is 0 Å². The van der Waals surface area contributed by atoms with Crippen molar-refractivity contribution in [1.29, 1.82) is 0 Å². The topological polar surface area (TPSA) is 104 Å². The van der Waals surface area contributed by atoms with Crippen LogP contribution in [0, 0.1) is 6.92 Å². The van der Waals surface area contributed by atoms with Gasteiger partial charge in [0.15, 0.2) is 0 Å². The Kier molecular flexibility index (Phi) is 8.45. The summed E-state index contributed by atoms with van der Waals surface area (Å²) in [6, 6.07) is 8.18. The van der Waals surface area contributed by atoms with Crippen molar-refractivity contribution >= 4 is 40.6 Å². The molecule has 0 radical (unpaired) electrons. The summed E-state index contributed by atoms with van der Waals surface area (Å²) in [5, 5.41) is 9.57. The molecular formula is C29H37N7O2. The molecule has 200 valence electrons. The predicted octanol–water partition coefficient (Wildman–Crippen LogP) is 6.09. The molecule has 0 spiro atoms. The van der Waals surface area contributed by atoms with Gasteiger partial charge >= 0.3 is 0 Å². The Labute approximate surface area is 224 Å². The first-order valence-corrected chi connectivity index (χ1v) is 13.1. The highest BCUT2D eigenvalue weighted by atomic mass is 16.5. The summed E-state index contributed by atoms with van der Waals surface area (Å²) in [4.78, 5) is 27.7. The summed E-state index contributed by atoms with van der Waals surface area (Å²) in [5.41, 5.74) is 6.95. The van der Waals surface area contributed by atoms with E-state index in [4.69, 9.17) is 4.74 Å². The third-order valence-electron chi connectivity index (χ3n) is 6.78. The van der Waals surface area contributed by atoms with Crippen molar-refractivity contribution in [1.82, 2.24) is 15.0 Å². The van der Waals surface area contributed by atoms with Crippen LogP contribution in [0.4, 0.5) is 34.6 Å². The second-order valence-electron chi connectivity index (χ2n) is 9.71. The number of benzene rings is 2. The van der Waals surface area contributed by atoms with Crippen LogP contribution in [0.15, 0.2) is 43.2 Å². The summed E-state index contributed by atoms with van der Waals surface area (Å²) >= 11 is 0. The van der Waals surface area contributed by atoms with Crippen molar-refractivity contribution in [3.8, 4) is 5.75 Å². The standard InChI is InChI=1S/C29H37N7O2/c1-7-20-14-22(21(18(3)4)13-19(20)5)33-28-30-17-31-29(35-28)34-24-15-23(32-27(37)8-2)25(16-26(24)38-6)36-11-9-10-12-36/h8,13-18H,2,7,9-12H2,1,3-6H3,(H,32,37)(H2,30,31,33,34,35). The van der Waals surface area contributed by atoms with Crippen molar-refractivity contribution in [2.45, 2.75) is 52.9 Å². The van der Waals surface area contributed by atoms with Gasteiger partial charge in [-0.2, -0.15) is 4.98 Å². The summed E-state index contributed by atoms with van der Waals surface area (Å²) in [5.74, 6) is 1.46. The molecule has 0 aliphatic carbocycles. The number of nitrogens with zero attached hydrogens (tertiary/aromatic N) is 4. The first kappa shape index (κ1) is 26.9. The molecule has 0 atom stereocenters. The van der Waals surface area contributed by atoms with Crippen LogP contribution in [-0.2, 0) is 11.2 Å². The number of aryl methyl sites for hydroxylation is 2. The monoisotopic (exact) mass is 515 g/mol. The van der Waals surface area contributed by atoms with Gasteiger partial charge in [-0.05, 0) is 67.0 Å².